The summed E-state index contributed by atoms with van der Waals surface area (Å²) in [5, 5.41) is 9.99. The van der Waals surface area contributed by atoms with Gasteiger partial charge in [0, 0.05) is 6.42 Å². The smallest absolute Gasteiger partial charge is 0.0662 e. The predicted molar refractivity (Wildman–Crippen MR) is 55.2 cm³/mol. The van der Waals surface area contributed by atoms with Gasteiger partial charge in [-0.15, -0.1) is 11.8 Å². The zero-order valence-electron chi connectivity index (χ0n) is 8.93. The van der Waals surface area contributed by atoms with Gasteiger partial charge < -0.3 is 5.11 Å². The summed E-state index contributed by atoms with van der Waals surface area (Å²) in [5.74, 6) is 7.32. The molecule has 0 unspecified atom stereocenters. The van der Waals surface area contributed by atoms with Crippen LogP contribution in [0.25, 0.3) is 0 Å². The van der Waals surface area contributed by atoms with Crippen LogP contribution in [0.5, 0.6) is 0 Å². The average Bonchev–Trinajstić information content (AvgIpc) is 2.00. The van der Waals surface area contributed by atoms with Crippen molar-refractivity contribution in [1.82, 2.24) is 0 Å². The van der Waals surface area contributed by atoms with Gasteiger partial charge in [-0.05, 0) is 38.0 Å². The molecule has 1 saturated carbocycles. The Kier molecular flexibility index (Phi) is 3.39. The van der Waals surface area contributed by atoms with Crippen molar-refractivity contribution in [2.45, 2.75) is 52.1 Å². The topological polar surface area (TPSA) is 20.2 Å². The molecule has 0 amide bonds. The van der Waals surface area contributed by atoms with Gasteiger partial charge in [-0.25, -0.2) is 0 Å². The van der Waals surface area contributed by atoms with Gasteiger partial charge in [-0.1, -0.05) is 13.8 Å². The Morgan fingerprint density at radius 3 is 2.54 bits per heavy atom. The van der Waals surface area contributed by atoms with Crippen LogP contribution in [0.2, 0.25) is 0 Å². The second-order valence-corrected chi connectivity index (χ2v) is 4.56. The summed E-state index contributed by atoms with van der Waals surface area (Å²) in [4.78, 5) is 0. The fraction of sp³-hybridized carbons (Fsp3) is 0.833. The zero-order valence-corrected chi connectivity index (χ0v) is 8.93. The van der Waals surface area contributed by atoms with E-state index in [9.17, 15) is 5.11 Å². The van der Waals surface area contributed by atoms with Gasteiger partial charge in [0.1, 0.15) is 0 Å². The third kappa shape index (κ3) is 2.74. The summed E-state index contributed by atoms with van der Waals surface area (Å²) in [6.07, 6.45) is 3.67. The van der Waals surface area contributed by atoms with E-state index in [2.05, 4.69) is 25.7 Å². The summed E-state index contributed by atoms with van der Waals surface area (Å²) >= 11 is 0. The van der Waals surface area contributed by atoms with Crippen molar-refractivity contribution in [2.75, 3.05) is 0 Å². The van der Waals surface area contributed by atoms with Gasteiger partial charge in [0.05, 0.1) is 5.60 Å². The first-order valence-electron chi connectivity index (χ1n) is 5.19. The lowest BCUT2D eigenvalue weighted by atomic mass is 9.64. The van der Waals surface area contributed by atoms with Gasteiger partial charge in [0.25, 0.3) is 0 Å². The number of hydrogen-bond donors (Lipinski definition) is 1. The molecule has 0 heterocycles. The van der Waals surface area contributed by atoms with Crippen LogP contribution in [0.3, 0.4) is 0 Å². The number of aliphatic hydroxyl groups is 1. The molecule has 0 atom stereocenters. The van der Waals surface area contributed by atoms with Crippen LogP contribution in [0.1, 0.15) is 46.5 Å². The monoisotopic (exact) mass is 180 g/mol. The molecule has 1 nitrogen and oxygen atoms in total. The van der Waals surface area contributed by atoms with E-state index in [4.69, 9.17) is 0 Å². The van der Waals surface area contributed by atoms with Crippen LogP contribution in [0.4, 0.5) is 0 Å². The van der Waals surface area contributed by atoms with E-state index >= 15 is 0 Å². The highest BCUT2D eigenvalue weighted by Gasteiger charge is 2.42. The van der Waals surface area contributed by atoms with Crippen molar-refractivity contribution in [3.63, 3.8) is 0 Å². The molecule has 0 aliphatic heterocycles. The molecule has 0 aromatic carbocycles. The van der Waals surface area contributed by atoms with Gasteiger partial charge in [-0.2, -0.15) is 0 Å². The summed E-state index contributed by atoms with van der Waals surface area (Å²) in [7, 11) is 0. The fourth-order valence-electron chi connectivity index (χ4n) is 2.01. The molecule has 0 bridgehead atoms. The highest BCUT2D eigenvalue weighted by atomic mass is 16.3. The molecule has 0 aromatic heterocycles. The number of hydrogen-bond acceptors (Lipinski definition) is 1. The summed E-state index contributed by atoms with van der Waals surface area (Å²) in [6.45, 7) is 6.31. The third-order valence-corrected chi connectivity index (χ3v) is 3.12. The van der Waals surface area contributed by atoms with E-state index in [1.54, 1.807) is 0 Å². The quantitative estimate of drug-likeness (QED) is 0.662. The highest BCUT2D eigenvalue weighted by molar-refractivity contribution is 5.01. The molecular weight excluding hydrogens is 160 g/mol. The minimum absolute atomic E-state index is 0.376. The normalized spacial score (nSPS) is 32.2. The Labute approximate surface area is 81.5 Å². The summed E-state index contributed by atoms with van der Waals surface area (Å²) < 4.78 is 0. The van der Waals surface area contributed by atoms with Crippen LogP contribution in [0.15, 0.2) is 0 Å². The van der Waals surface area contributed by atoms with E-state index in [0.29, 0.717) is 0 Å². The van der Waals surface area contributed by atoms with Crippen LogP contribution in [-0.4, -0.2) is 10.7 Å². The van der Waals surface area contributed by atoms with Crippen LogP contribution >= 0.6 is 0 Å². The van der Waals surface area contributed by atoms with Crippen molar-refractivity contribution < 1.29 is 5.11 Å². The Balaban J connectivity index is 2.24. The molecule has 0 spiro atoms. The van der Waals surface area contributed by atoms with Crippen LogP contribution in [0, 0.1) is 23.7 Å². The Bertz CT molecular complexity index is 213. The molecular formula is C12H20O. The predicted octanol–water partition coefficient (Wildman–Crippen LogP) is 2.59. The van der Waals surface area contributed by atoms with Crippen molar-refractivity contribution in [3.05, 3.63) is 0 Å². The first-order valence-corrected chi connectivity index (χ1v) is 5.19. The Morgan fingerprint density at radius 1 is 1.46 bits per heavy atom. The molecule has 0 radical (unpaired) electrons. The first kappa shape index (κ1) is 10.6. The summed E-state index contributed by atoms with van der Waals surface area (Å²) in [5.41, 5.74) is -0.376. The minimum Gasteiger partial charge on any atom is -0.390 e. The number of rotatable bonds is 3. The van der Waals surface area contributed by atoms with Crippen molar-refractivity contribution in [3.8, 4) is 11.8 Å². The highest BCUT2D eigenvalue weighted by Crippen LogP contribution is 2.44. The van der Waals surface area contributed by atoms with Crippen LogP contribution in [-0.2, 0) is 0 Å². The zero-order chi connectivity index (χ0) is 9.90. The molecule has 1 rings (SSSR count). The lowest BCUT2D eigenvalue weighted by molar-refractivity contribution is -0.0912. The summed E-state index contributed by atoms with van der Waals surface area (Å²) in [6, 6.07) is 0. The third-order valence-electron chi connectivity index (χ3n) is 3.12. The van der Waals surface area contributed by atoms with Gasteiger partial charge in [0.15, 0.2) is 0 Å². The second kappa shape index (κ2) is 4.15. The molecule has 1 fully saturated rings. The van der Waals surface area contributed by atoms with E-state index < -0.39 is 0 Å². The van der Waals surface area contributed by atoms with E-state index in [0.717, 1.165) is 37.5 Å². The fourth-order valence-corrected chi connectivity index (χ4v) is 2.01. The molecule has 1 aliphatic rings. The maximum Gasteiger partial charge on any atom is 0.0662 e. The van der Waals surface area contributed by atoms with Gasteiger partial charge in [0.2, 0.25) is 0 Å². The van der Waals surface area contributed by atoms with Crippen LogP contribution < -0.4 is 0 Å². The van der Waals surface area contributed by atoms with E-state index in [1.807, 2.05) is 6.92 Å². The molecule has 0 aromatic rings. The van der Waals surface area contributed by atoms with Crippen molar-refractivity contribution in [2.24, 2.45) is 11.8 Å². The Morgan fingerprint density at radius 2 is 2.08 bits per heavy atom. The largest absolute Gasteiger partial charge is 0.390 e. The van der Waals surface area contributed by atoms with Crippen molar-refractivity contribution in [1.29, 1.82) is 0 Å². The van der Waals surface area contributed by atoms with E-state index in [1.165, 1.54) is 0 Å². The lowest BCUT2D eigenvalue weighted by Crippen LogP contribution is -2.45. The standard InChI is InChI=1S/C12H20O/c1-4-5-6-7-12(13)8-11(9-12)10(2)3/h10-11,13H,6-9H2,1-3H3. The second-order valence-electron chi connectivity index (χ2n) is 4.56. The lowest BCUT2D eigenvalue weighted by Gasteiger charge is -2.45. The minimum atomic E-state index is -0.376. The van der Waals surface area contributed by atoms with Gasteiger partial charge >= 0.3 is 0 Å². The maximum atomic E-state index is 9.99. The first-order chi connectivity index (χ1) is 6.07. The van der Waals surface area contributed by atoms with Crippen molar-refractivity contribution >= 4 is 0 Å². The average molecular weight is 180 g/mol. The van der Waals surface area contributed by atoms with Gasteiger partial charge in [-0.3, -0.25) is 0 Å². The SMILES string of the molecule is CC#CCCC1(O)CC(C(C)C)C1. The molecule has 1 heteroatoms. The molecule has 1 N–H and O–H groups in total. The molecule has 13 heavy (non-hydrogen) atoms. The molecule has 1 aliphatic carbocycles. The molecule has 74 valence electrons. The maximum absolute atomic E-state index is 9.99. The molecule has 0 saturated heterocycles. The van der Waals surface area contributed by atoms with E-state index in [-0.39, 0.29) is 5.60 Å². The Hall–Kier alpha value is -0.480.